The van der Waals surface area contributed by atoms with Crippen LogP contribution in [0.25, 0.3) is 0 Å². The molecule has 2 heterocycles. The number of hydrogen-bond donors (Lipinski definition) is 0. The van der Waals surface area contributed by atoms with Gasteiger partial charge in [0.25, 0.3) is 0 Å². The van der Waals surface area contributed by atoms with Crippen LogP contribution in [0.15, 0.2) is 0 Å². The second kappa shape index (κ2) is 6.66. The Morgan fingerprint density at radius 2 is 2.14 bits per heavy atom. The second-order valence-electron chi connectivity index (χ2n) is 7.05. The SMILES string of the molecule is CCO[C@H]1CO[C@@]2(CCCN(C(=O)CC3CCCC3)C2)C1. The summed E-state index contributed by atoms with van der Waals surface area (Å²) in [5.74, 6) is 0.987. The zero-order valence-corrected chi connectivity index (χ0v) is 13.3. The monoisotopic (exact) mass is 295 g/mol. The lowest BCUT2D eigenvalue weighted by molar-refractivity contribution is -0.140. The molecule has 3 rings (SSSR count). The molecule has 4 nitrogen and oxygen atoms in total. The van der Waals surface area contributed by atoms with Crippen LogP contribution >= 0.6 is 0 Å². The lowest BCUT2D eigenvalue weighted by atomic mass is 9.88. The van der Waals surface area contributed by atoms with E-state index in [-0.39, 0.29) is 11.7 Å². The van der Waals surface area contributed by atoms with E-state index in [1.54, 1.807) is 0 Å². The van der Waals surface area contributed by atoms with Crippen molar-refractivity contribution in [2.45, 2.75) is 70.0 Å². The van der Waals surface area contributed by atoms with Gasteiger partial charge in [-0.2, -0.15) is 0 Å². The lowest BCUT2D eigenvalue weighted by Crippen LogP contribution is -2.50. The zero-order chi connectivity index (χ0) is 14.7. The third-order valence-corrected chi connectivity index (χ3v) is 5.41. The van der Waals surface area contributed by atoms with E-state index in [4.69, 9.17) is 9.47 Å². The van der Waals surface area contributed by atoms with Crippen LogP contribution in [0.2, 0.25) is 0 Å². The van der Waals surface area contributed by atoms with Crippen LogP contribution in [0.4, 0.5) is 0 Å². The molecule has 3 aliphatic rings. The number of carbonyl (C=O) groups excluding carboxylic acids is 1. The van der Waals surface area contributed by atoms with Crippen LogP contribution in [0.1, 0.15) is 58.3 Å². The molecule has 1 spiro atoms. The minimum absolute atomic E-state index is 0.122. The van der Waals surface area contributed by atoms with Gasteiger partial charge in [-0.15, -0.1) is 0 Å². The predicted octanol–water partition coefficient (Wildman–Crippen LogP) is 2.75. The summed E-state index contributed by atoms with van der Waals surface area (Å²) in [6.45, 7) is 5.16. The quantitative estimate of drug-likeness (QED) is 0.800. The highest BCUT2D eigenvalue weighted by Gasteiger charge is 2.44. The van der Waals surface area contributed by atoms with E-state index >= 15 is 0 Å². The molecule has 0 aromatic carbocycles. The minimum Gasteiger partial charge on any atom is -0.376 e. The predicted molar refractivity (Wildman–Crippen MR) is 81.1 cm³/mol. The van der Waals surface area contributed by atoms with Gasteiger partial charge in [-0.05, 0) is 38.5 Å². The Kier molecular flexibility index (Phi) is 4.85. The topological polar surface area (TPSA) is 38.8 Å². The van der Waals surface area contributed by atoms with E-state index in [0.29, 0.717) is 18.4 Å². The maximum absolute atomic E-state index is 12.5. The van der Waals surface area contributed by atoms with Crippen molar-refractivity contribution < 1.29 is 14.3 Å². The summed E-state index contributed by atoms with van der Waals surface area (Å²) < 4.78 is 11.8. The fourth-order valence-corrected chi connectivity index (χ4v) is 4.33. The minimum atomic E-state index is -0.122. The molecule has 0 aromatic heterocycles. The highest BCUT2D eigenvalue weighted by Crippen LogP contribution is 2.36. The number of nitrogens with zero attached hydrogens (tertiary/aromatic N) is 1. The van der Waals surface area contributed by atoms with Crippen LogP contribution < -0.4 is 0 Å². The fourth-order valence-electron chi connectivity index (χ4n) is 4.33. The van der Waals surface area contributed by atoms with Gasteiger partial charge in [-0.1, -0.05) is 12.8 Å². The van der Waals surface area contributed by atoms with Crippen molar-refractivity contribution in [3.8, 4) is 0 Å². The van der Waals surface area contributed by atoms with Gasteiger partial charge < -0.3 is 14.4 Å². The average Bonchev–Trinajstić information content (AvgIpc) is 3.10. The number of carbonyl (C=O) groups is 1. The summed E-state index contributed by atoms with van der Waals surface area (Å²) in [6.07, 6.45) is 9.17. The molecule has 0 bridgehead atoms. The molecular weight excluding hydrogens is 266 g/mol. The molecule has 120 valence electrons. The van der Waals surface area contributed by atoms with E-state index in [2.05, 4.69) is 4.90 Å². The molecule has 0 unspecified atom stereocenters. The number of rotatable bonds is 4. The Labute approximate surface area is 128 Å². The van der Waals surface area contributed by atoms with Gasteiger partial charge in [0.2, 0.25) is 5.91 Å². The molecule has 21 heavy (non-hydrogen) atoms. The van der Waals surface area contributed by atoms with Crippen LogP contribution in [0.5, 0.6) is 0 Å². The van der Waals surface area contributed by atoms with Gasteiger partial charge in [0, 0.05) is 32.5 Å². The number of ether oxygens (including phenoxy) is 2. The summed E-state index contributed by atoms with van der Waals surface area (Å²) in [6, 6.07) is 0. The van der Waals surface area contributed by atoms with Crippen molar-refractivity contribution in [3.05, 3.63) is 0 Å². The van der Waals surface area contributed by atoms with Crippen molar-refractivity contribution in [1.82, 2.24) is 4.90 Å². The molecule has 1 aliphatic carbocycles. The highest BCUT2D eigenvalue weighted by molar-refractivity contribution is 5.76. The second-order valence-corrected chi connectivity index (χ2v) is 7.05. The number of hydrogen-bond acceptors (Lipinski definition) is 3. The van der Waals surface area contributed by atoms with E-state index in [9.17, 15) is 4.79 Å². The first-order valence-electron chi connectivity index (χ1n) is 8.74. The van der Waals surface area contributed by atoms with Crippen LogP contribution in [0, 0.1) is 5.92 Å². The number of piperidine rings is 1. The van der Waals surface area contributed by atoms with Crippen molar-refractivity contribution >= 4 is 5.91 Å². The maximum atomic E-state index is 12.5. The summed E-state index contributed by atoms with van der Waals surface area (Å²) >= 11 is 0. The maximum Gasteiger partial charge on any atom is 0.222 e. The summed E-state index contributed by atoms with van der Waals surface area (Å²) in [5.41, 5.74) is -0.122. The van der Waals surface area contributed by atoms with Crippen molar-refractivity contribution in [1.29, 1.82) is 0 Å². The van der Waals surface area contributed by atoms with Gasteiger partial charge in [-0.3, -0.25) is 4.79 Å². The fraction of sp³-hybridized carbons (Fsp3) is 0.941. The van der Waals surface area contributed by atoms with Gasteiger partial charge >= 0.3 is 0 Å². The Hall–Kier alpha value is -0.610. The third-order valence-electron chi connectivity index (χ3n) is 5.41. The van der Waals surface area contributed by atoms with Crippen molar-refractivity contribution in [2.24, 2.45) is 5.92 Å². The van der Waals surface area contributed by atoms with Gasteiger partial charge in [-0.25, -0.2) is 0 Å². The van der Waals surface area contributed by atoms with E-state index in [1.165, 1.54) is 25.7 Å². The molecule has 1 amide bonds. The smallest absolute Gasteiger partial charge is 0.222 e. The standard InChI is InChI=1S/C17H29NO3/c1-2-20-15-11-17(21-12-15)8-5-9-18(13-17)16(19)10-14-6-3-4-7-14/h14-15H,2-13H2,1H3/t15-,17+/m1/s1. The van der Waals surface area contributed by atoms with Gasteiger partial charge in [0.1, 0.15) is 0 Å². The third kappa shape index (κ3) is 3.59. The number of amides is 1. The van der Waals surface area contributed by atoms with Crippen LogP contribution in [-0.4, -0.2) is 48.8 Å². The van der Waals surface area contributed by atoms with E-state index in [1.807, 2.05) is 6.92 Å². The first-order chi connectivity index (χ1) is 10.2. The lowest BCUT2D eigenvalue weighted by Gasteiger charge is -2.40. The zero-order valence-electron chi connectivity index (χ0n) is 13.3. The van der Waals surface area contributed by atoms with Crippen molar-refractivity contribution in [3.63, 3.8) is 0 Å². The molecule has 0 radical (unpaired) electrons. The highest BCUT2D eigenvalue weighted by atomic mass is 16.6. The van der Waals surface area contributed by atoms with Crippen LogP contribution in [0.3, 0.4) is 0 Å². The Balaban J connectivity index is 1.54. The Bertz CT molecular complexity index is 367. The van der Waals surface area contributed by atoms with Gasteiger partial charge in [0.05, 0.1) is 18.3 Å². The summed E-state index contributed by atoms with van der Waals surface area (Å²) in [5, 5.41) is 0. The molecule has 2 atom stereocenters. The normalized spacial score (nSPS) is 34.0. The summed E-state index contributed by atoms with van der Waals surface area (Å²) in [7, 11) is 0. The molecule has 4 heteroatoms. The number of likely N-dealkylation sites (tertiary alicyclic amines) is 1. The average molecular weight is 295 g/mol. The van der Waals surface area contributed by atoms with Crippen molar-refractivity contribution in [2.75, 3.05) is 26.3 Å². The molecule has 2 saturated heterocycles. The summed E-state index contributed by atoms with van der Waals surface area (Å²) in [4.78, 5) is 14.6. The molecule has 3 fully saturated rings. The first kappa shape index (κ1) is 15.3. The van der Waals surface area contributed by atoms with E-state index in [0.717, 1.165) is 45.4 Å². The molecule has 2 aliphatic heterocycles. The molecule has 0 aromatic rings. The van der Waals surface area contributed by atoms with Gasteiger partial charge in [0.15, 0.2) is 0 Å². The Morgan fingerprint density at radius 1 is 1.33 bits per heavy atom. The molecule has 0 N–H and O–H groups in total. The first-order valence-corrected chi connectivity index (χ1v) is 8.74. The molecular formula is C17H29NO3. The molecule has 1 saturated carbocycles. The van der Waals surface area contributed by atoms with E-state index < -0.39 is 0 Å². The Morgan fingerprint density at radius 3 is 2.90 bits per heavy atom. The van der Waals surface area contributed by atoms with Crippen LogP contribution in [-0.2, 0) is 14.3 Å². The largest absolute Gasteiger partial charge is 0.376 e.